The van der Waals surface area contributed by atoms with E-state index >= 15 is 0 Å². The summed E-state index contributed by atoms with van der Waals surface area (Å²) in [4.78, 5) is 22.8. The summed E-state index contributed by atoms with van der Waals surface area (Å²) < 4.78 is 3.47. The summed E-state index contributed by atoms with van der Waals surface area (Å²) in [5.74, 6) is 3.51. The Hall–Kier alpha value is -2.37. The molecular weight excluding hydrogens is 446 g/mol. The average molecular weight is 482 g/mol. The van der Waals surface area contributed by atoms with Crippen molar-refractivity contribution in [3.63, 3.8) is 0 Å². The summed E-state index contributed by atoms with van der Waals surface area (Å²) in [5, 5.41) is 5.72. The first kappa shape index (κ1) is 25.3. The molecule has 0 aromatic carbocycles. The molecule has 0 spiro atoms. The van der Waals surface area contributed by atoms with E-state index in [9.17, 15) is 4.79 Å². The van der Waals surface area contributed by atoms with Crippen LogP contribution in [0.15, 0.2) is 28.5 Å². The molecule has 0 aliphatic heterocycles. The van der Waals surface area contributed by atoms with Gasteiger partial charge in [0, 0.05) is 36.1 Å². The highest BCUT2D eigenvalue weighted by atomic mass is 32.2. The molecule has 33 heavy (non-hydrogen) atoms. The molecule has 0 unspecified atom stereocenters. The van der Waals surface area contributed by atoms with Crippen LogP contribution in [0.2, 0.25) is 16.6 Å². The fourth-order valence-corrected chi connectivity index (χ4v) is 10.6. The van der Waals surface area contributed by atoms with Crippen LogP contribution in [0.4, 0.5) is 0 Å². The number of nitrogens with zero attached hydrogens (tertiary/aromatic N) is 5. The molecule has 3 heterocycles. The maximum absolute atomic E-state index is 13.6. The standard InChI is InChI=1S/C25H35N5OSSi/c1-16(2)33(17(3)4,18(5)6)11-10-21-19(7)24(31)30(15-20-12-27-29(8)14-20)23-22(21)13-26-25(28-23)32-9/h12-14,16-18H,15H2,1-9H3. The van der Waals surface area contributed by atoms with Crippen molar-refractivity contribution in [2.24, 2.45) is 7.05 Å². The second-order valence-corrected chi connectivity index (χ2v) is 16.0. The van der Waals surface area contributed by atoms with Crippen LogP contribution in [0.1, 0.15) is 58.2 Å². The van der Waals surface area contributed by atoms with Gasteiger partial charge in [0.05, 0.1) is 18.1 Å². The molecule has 0 aliphatic carbocycles. The number of aryl methyl sites for hydroxylation is 1. The van der Waals surface area contributed by atoms with E-state index in [0.717, 1.165) is 16.5 Å². The normalized spacial score (nSPS) is 12.1. The summed E-state index contributed by atoms with van der Waals surface area (Å²) in [6.45, 7) is 16.1. The van der Waals surface area contributed by atoms with Crippen LogP contribution in [-0.4, -0.2) is 38.6 Å². The number of pyridine rings is 1. The summed E-state index contributed by atoms with van der Waals surface area (Å²) in [7, 11) is -0.0819. The van der Waals surface area contributed by atoms with Crippen LogP contribution in [0.3, 0.4) is 0 Å². The SMILES string of the molecule is CSc1ncc2c(C#C[Si](C(C)C)(C(C)C)C(C)C)c(C)c(=O)n(Cc3cnn(C)c3)c2n1. The number of hydrogen-bond acceptors (Lipinski definition) is 5. The summed E-state index contributed by atoms with van der Waals surface area (Å²) in [5.41, 5.74) is 8.26. The first-order valence-electron chi connectivity index (χ1n) is 11.5. The minimum absolute atomic E-state index is 0.0627. The van der Waals surface area contributed by atoms with Gasteiger partial charge in [-0.3, -0.25) is 14.0 Å². The maximum Gasteiger partial charge on any atom is 0.256 e. The van der Waals surface area contributed by atoms with E-state index in [-0.39, 0.29) is 5.56 Å². The van der Waals surface area contributed by atoms with Crippen molar-refractivity contribution in [1.82, 2.24) is 24.3 Å². The van der Waals surface area contributed by atoms with E-state index in [0.29, 0.717) is 39.5 Å². The third-order valence-electron chi connectivity index (χ3n) is 6.76. The molecule has 8 heteroatoms. The molecule has 0 fully saturated rings. The topological polar surface area (TPSA) is 65.6 Å². The number of hydrogen-bond donors (Lipinski definition) is 0. The second-order valence-electron chi connectivity index (χ2n) is 9.65. The van der Waals surface area contributed by atoms with Crippen LogP contribution < -0.4 is 5.56 Å². The van der Waals surface area contributed by atoms with Gasteiger partial charge in [-0.2, -0.15) is 5.10 Å². The van der Waals surface area contributed by atoms with Crippen LogP contribution in [0.25, 0.3) is 11.0 Å². The first-order valence-corrected chi connectivity index (χ1v) is 14.9. The Kier molecular flexibility index (Phi) is 7.54. The van der Waals surface area contributed by atoms with Crippen LogP contribution in [-0.2, 0) is 13.6 Å². The van der Waals surface area contributed by atoms with Gasteiger partial charge in [0.15, 0.2) is 5.16 Å². The molecule has 0 bridgehead atoms. The van der Waals surface area contributed by atoms with Gasteiger partial charge >= 0.3 is 0 Å². The van der Waals surface area contributed by atoms with Crippen LogP contribution >= 0.6 is 11.8 Å². The minimum Gasteiger partial charge on any atom is -0.288 e. The third-order valence-corrected chi connectivity index (χ3v) is 13.6. The maximum atomic E-state index is 13.6. The molecule has 0 N–H and O–H groups in total. The molecule has 6 nitrogen and oxygen atoms in total. The van der Waals surface area contributed by atoms with Gasteiger partial charge in [-0.15, -0.1) is 5.54 Å². The van der Waals surface area contributed by atoms with Gasteiger partial charge in [-0.25, -0.2) is 9.97 Å². The van der Waals surface area contributed by atoms with E-state index in [2.05, 4.69) is 63.1 Å². The zero-order valence-electron chi connectivity index (χ0n) is 21.2. The molecule has 0 atom stereocenters. The van der Waals surface area contributed by atoms with E-state index in [1.54, 1.807) is 15.4 Å². The number of aromatic nitrogens is 5. The number of rotatable bonds is 6. The number of thioether (sulfide) groups is 1. The fourth-order valence-electron chi connectivity index (χ4n) is 5.09. The quantitative estimate of drug-likeness (QED) is 0.210. The Balaban J connectivity index is 2.31. The predicted octanol–water partition coefficient (Wildman–Crippen LogP) is 5.17. The lowest BCUT2D eigenvalue weighted by molar-refractivity contribution is 0.753. The molecule has 3 aromatic heterocycles. The zero-order valence-corrected chi connectivity index (χ0v) is 23.0. The monoisotopic (exact) mass is 481 g/mol. The zero-order chi connectivity index (χ0) is 24.5. The molecule has 0 amide bonds. The van der Waals surface area contributed by atoms with Gasteiger partial charge < -0.3 is 0 Å². The van der Waals surface area contributed by atoms with Crippen molar-refractivity contribution >= 4 is 30.9 Å². The van der Waals surface area contributed by atoms with Crippen molar-refractivity contribution in [3.05, 3.63) is 45.6 Å². The van der Waals surface area contributed by atoms with Crippen LogP contribution in [0.5, 0.6) is 0 Å². The van der Waals surface area contributed by atoms with Gasteiger partial charge in [-0.05, 0) is 29.8 Å². The Bertz CT molecular complexity index is 1260. The highest BCUT2D eigenvalue weighted by Gasteiger charge is 2.41. The largest absolute Gasteiger partial charge is 0.288 e. The Morgan fingerprint density at radius 3 is 2.24 bits per heavy atom. The van der Waals surface area contributed by atoms with Crippen molar-refractivity contribution in [2.45, 2.75) is 76.8 Å². The van der Waals surface area contributed by atoms with Gasteiger partial charge in [0.25, 0.3) is 5.56 Å². The third kappa shape index (κ3) is 4.66. The smallest absolute Gasteiger partial charge is 0.256 e. The molecule has 0 aliphatic rings. The molecule has 0 saturated carbocycles. The van der Waals surface area contributed by atoms with E-state index in [4.69, 9.17) is 4.98 Å². The molecule has 176 valence electrons. The molecule has 3 aromatic rings. The van der Waals surface area contributed by atoms with Crippen molar-refractivity contribution in [3.8, 4) is 11.5 Å². The second kappa shape index (κ2) is 9.86. The van der Waals surface area contributed by atoms with E-state index in [1.165, 1.54) is 11.8 Å². The van der Waals surface area contributed by atoms with Crippen molar-refractivity contribution in [1.29, 1.82) is 0 Å². The summed E-state index contributed by atoms with van der Waals surface area (Å²) in [6, 6.07) is 0. The number of fused-ring (bicyclic) bond motifs is 1. The predicted molar refractivity (Wildman–Crippen MR) is 141 cm³/mol. The Morgan fingerprint density at radius 1 is 1.09 bits per heavy atom. The lowest BCUT2D eigenvalue weighted by Gasteiger charge is -2.38. The van der Waals surface area contributed by atoms with Gasteiger partial charge in [0.2, 0.25) is 0 Å². The minimum atomic E-state index is -1.95. The van der Waals surface area contributed by atoms with Crippen LogP contribution in [0, 0.1) is 18.4 Å². The Morgan fingerprint density at radius 2 is 1.73 bits per heavy atom. The lowest BCUT2D eigenvalue weighted by atomic mass is 10.1. The van der Waals surface area contributed by atoms with Crippen molar-refractivity contribution in [2.75, 3.05) is 6.26 Å². The fraction of sp³-hybridized carbons (Fsp3) is 0.520. The molecular formula is C25H35N5OSSi. The van der Waals surface area contributed by atoms with Gasteiger partial charge in [0.1, 0.15) is 13.7 Å². The summed E-state index contributed by atoms with van der Waals surface area (Å²) >= 11 is 1.46. The highest BCUT2D eigenvalue weighted by molar-refractivity contribution is 7.98. The van der Waals surface area contributed by atoms with Gasteiger partial charge in [-0.1, -0.05) is 59.2 Å². The highest BCUT2D eigenvalue weighted by Crippen LogP contribution is 2.41. The molecule has 0 radical (unpaired) electrons. The summed E-state index contributed by atoms with van der Waals surface area (Å²) in [6.07, 6.45) is 7.47. The first-order chi connectivity index (χ1) is 15.5. The lowest BCUT2D eigenvalue weighted by Crippen LogP contribution is -2.43. The average Bonchev–Trinajstić information content (AvgIpc) is 3.17. The molecule has 3 rings (SSSR count). The van der Waals surface area contributed by atoms with E-state index < -0.39 is 8.07 Å². The Labute approximate surface area is 202 Å². The van der Waals surface area contributed by atoms with E-state index in [1.807, 2.05) is 32.6 Å². The van der Waals surface area contributed by atoms with Crippen molar-refractivity contribution < 1.29 is 0 Å². The molecule has 0 saturated heterocycles.